The van der Waals surface area contributed by atoms with E-state index in [1.807, 2.05) is 6.92 Å². The molecule has 76 valence electrons. The number of amides is 3. The molecular formula is C7H14ClN3O2. The van der Waals surface area contributed by atoms with Gasteiger partial charge in [-0.2, -0.15) is 0 Å². The highest BCUT2D eigenvalue weighted by molar-refractivity contribution is 6.04. The molecule has 1 heterocycles. The molecule has 3 N–H and O–H groups in total. The second kappa shape index (κ2) is 5.04. The van der Waals surface area contributed by atoms with Crippen LogP contribution in [0.25, 0.3) is 0 Å². The number of hydrogen-bond acceptors (Lipinski definition) is 3. The molecule has 1 saturated heterocycles. The van der Waals surface area contributed by atoms with Crippen molar-refractivity contribution in [2.45, 2.75) is 19.4 Å². The summed E-state index contributed by atoms with van der Waals surface area (Å²) in [4.78, 5) is 23.6. The van der Waals surface area contributed by atoms with Gasteiger partial charge < -0.3 is 11.1 Å². The van der Waals surface area contributed by atoms with E-state index in [2.05, 4.69) is 5.32 Å². The molecule has 0 spiro atoms. The van der Waals surface area contributed by atoms with Crippen LogP contribution < -0.4 is 11.1 Å². The molecule has 0 saturated carbocycles. The standard InChI is InChI=1S/C7H13N3O2.ClH/c1-2-5-6(11)10(4-3-8)7(12)9-5;/h5H,2-4,8H2,1H3,(H,9,12);1H/t5-;/m0./s1. The van der Waals surface area contributed by atoms with Gasteiger partial charge in [-0.25, -0.2) is 4.79 Å². The highest BCUT2D eigenvalue weighted by atomic mass is 35.5. The molecule has 1 atom stereocenters. The maximum absolute atomic E-state index is 11.3. The number of hydrogen-bond donors (Lipinski definition) is 2. The average molecular weight is 208 g/mol. The lowest BCUT2D eigenvalue weighted by molar-refractivity contribution is -0.127. The van der Waals surface area contributed by atoms with Crippen molar-refractivity contribution < 1.29 is 9.59 Å². The number of urea groups is 1. The van der Waals surface area contributed by atoms with Crippen LogP contribution in [0.2, 0.25) is 0 Å². The Bertz CT molecular complexity index is 210. The lowest BCUT2D eigenvalue weighted by atomic mass is 10.2. The predicted molar refractivity (Wildman–Crippen MR) is 50.6 cm³/mol. The van der Waals surface area contributed by atoms with Gasteiger partial charge in [-0.3, -0.25) is 9.69 Å². The Hall–Kier alpha value is -0.810. The van der Waals surface area contributed by atoms with Gasteiger partial charge in [0.05, 0.1) is 0 Å². The Labute approximate surface area is 83.0 Å². The topological polar surface area (TPSA) is 75.4 Å². The number of nitrogens with one attached hydrogen (secondary N) is 1. The maximum atomic E-state index is 11.3. The Morgan fingerprint density at radius 1 is 1.54 bits per heavy atom. The van der Waals surface area contributed by atoms with Crippen LogP contribution in [-0.4, -0.2) is 36.0 Å². The van der Waals surface area contributed by atoms with Gasteiger partial charge in [0, 0.05) is 13.1 Å². The first-order chi connectivity index (χ1) is 5.70. The Morgan fingerprint density at radius 3 is 2.54 bits per heavy atom. The molecule has 6 heteroatoms. The summed E-state index contributed by atoms with van der Waals surface area (Å²) < 4.78 is 0. The number of rotatable bonds is 3. The number of halogens is 1. The van der Waals surface area contributed by atoms with Crippen LogP contribution in [0.4, 0.5) is 4.79 Å². The van der Waals surface area contributed by atoms with E-state index in [0.29, 0.717) is 19.5 Å². The number of nitrogens with two attached hydrogens (primary N) is 1. The van der Waals surface area contributed by atoms with Crippen LogP contribution in [0.1, 0.15) is 13.3 Å². The van der Waals surface area contributed by atoms with Crippen LogP contribution in [0, 0.1) is 0 Å². The van der Waals surface area contributed by atoms with E-state index in [-0.39, 0.29) is 30.4 Å². The van der Waals surface area contributed by atoms with Gasteiger partial charge in [-0.05, 0) is 6.42 Å². The minimum Gasteiger partial charge on any atom is -0.329 e. The normalized spacial score (nSPS) is 21.4. The largest absolute Gasteiger partial charge is 0.329 e. The lowest BCUT2D eigenvalue weighted by Crippen LogP contribution is -2.35. The summed E-state index contributed by atoms with van der Waals surface area (Å²) in [6, 6.07) is -0.665. The number of carbonyl (C=O) groups is 2. The van der Waals surface area contributed by atoms with Gasteiger partial charge in [0.2, 0.25) is 0 Å². The fourth-order valence-electron chi connectivity index (χ4n) is 1.19. The van der Waals surface area contributed by atoms with Gasteiger partial charge in [-0.15, -0.1) is 12.4 Å². The number of carbonyl (C=O) groups excluding carboxylic acids is 2. The van der Waals surface area contributed by atoms with E-state index in [1.54, 1.807) is 0 Å². The summed E-state index contributed by atoms with van der Waals surface area (Å²) in [7, 11) is 0. The van der Waals surface area contributed by atoms with Crippen molar-refractivity contribution in [2.24, 2.45) is 5.73 Å². The molecule has 0 aromatic heterocycles. The molecular weight excluding hydrogens is 194 g/mol. The molecule has 1 aliphatic rings. The van der Waals surface area contributed by atoms with Crippen molar-refractivity contribution >= 4 is 24.3 Å². The van der Waals surface area contributed by atoms with Crippen molar-refractivity contribution in [1.82, 2.24) is 10.2 Å². The first-order valence-corrected chi connectivity index (χ1v) is 4.02. The van der Waals surface area contributed by atoms with Crippen LogP contribution >= 0.6 is 12.4 Å². The van der Waals surface area contributed by atoms with Gasteiger partial charge in [-0.1, -0.05) is 6.92 Å². The van der Waals surface area contributed by atoms with Crippen LogP contribution in [0.15, 0.2) is 0 Å². The fourth-order valence-corrected chi connectivity index (χ4v) is 1.19. The van der Waals surface area contributed by atoms with Crippen molar-refractivity contribution in [2.75, 3.05) is 13.1 Å². The minimum absolute atomic E-state index is 0. The zero-order valence-corrected chi connectivity index (χ0v) is 8.26. The monoisotopic (exact) mass is 207 g/mol. The van der Waals surface area contributed by atoms with E-state index >= 15 is 0 Å². The molecule has 0 aromatic carbocycles. The highest BCUT2D eigenvalue weighted by Crippen LogP contribution is 2.07. The molecule has 0 unspecified atom stereocenters. The van der Waals surface area contributed by atoms with Gasteiger partial charge in [0.1, 0.15) is 6.04 Å². The second-order valence-corrected chi connectivity index (χ2v) is 2.69. The lowest BCUT2D eigenvalue weighted by Gasteiger charge is -2.09. The van der Waals surface area contributed by atoms with Crippen molar-refractivity contribution in [3.05, 3.63) is 0 Å². The van der Waals surface area contributed by atoms with E-state index in [0.717, 1.165) is 4.90 Å². The van der Waals surface area contributed by atoms with E-state index < -0.39 is 0 Å². The average Bonchev–Trinajstić information content (AvgIpc) is 2.32. The first-order valence-electron chi connectivity index (χ1n) is 4.02. The van der Waals surface area contributed by atoms with E-state index in [4.69, 9.17) is 5.73 Å². The third-order valence-corrected chi connectivity index (χ3v) is 1.87. The van der Waals surface area contributed by atoms with Gasteiger partial charge in [0.25, 0.3) is 5.91 Å². The Morgan fingerprint density at radius 2 is 2.15 bits per heavy atom. The number of nitrogens with zero attached hydrogens (tertiary/aromatic N) is 1. The van der Waals surface area contributed by atoms with Crippen molar-refractivity contribution in [3.63, 3.8) is 0 Å². The summed E-state index contributed by atoms with van der Waals surface area (Å²) in [5, 5.41) is 2.57. The Kier molecular flexibility index (Phi) is 4.72. The van der Waals surface area contributed by atoms with E-state index in [1.165, 1.54) is 0 Å². The highest BCUT2D eigenvalue weighted by Gasteiger charge is 2.35. The summed E-state index contributed by atoms with van der Waals surface area (Å²) in [5.41, 5.74) is 5.25. The van der Waals surface area contributed by atoms with Crippen molar-refractivity contribution in [1.29, 1.82) is 0 Å². The molecule has 3 amide bonds. The molecule has 0 aromatic rings. The second-order valence-electron chi connectivity index (χ2n) is 2.69. The molecule has 5 nitrogen and oxygen atoms in total. The third kappa shape index (κ3) is 2.32. The van der Waals surface area contributed by atoms with E-state index in [9.17, 15) is 9.59 Å². The molecule has 0 aliphatic carbocycles. The quantitative estimate of drug-likeness (QED) is 0.624. The molecule has 0 radical (unpaired) electrons. The molecule has 1 aliphatic heterocycles. The third-order valence-electron chi connectivity index (χ3n) is 1.87. The molecule has 1 fully saturated rings. The smallest absolute Gasteiger partial charge is 0.324 e. The van der Waals surface area contributed by atoms with Crippen LogP contribution in [0.3, 0.4) is 0 Å². The SMILES string of the molecule is CC[C@@H]1NC(=O)N(CCN)C1=O.Cl. The minimum atomic E-state index is -0.343. The summed E-state index contributed by atoms with van der Waals surface area (Å²) in [6.07, 6.45) is 0.631. The maximum Gasteiger partial charge on any atom is 0.324 e. The summed E-state index contributed by atoms with van der Waals surface area (Å²) in [5.74, 6) is -0.159. The van der Waals surface area contributed by atoms with Crippen LogP contribution in [0.5, 0.6) is 0 Å². The predicted octanol–water partition coefficient (Wildman–Crippen LogP) is -0.303. The van der Waals surface area contributed by atoms with Gasteiger partial charge in [0.15, 0.2) is 0 Å². The van der Waals surface area contributed by atoms with Crippen LogP contribution in [-0.2, 0) is 4.79 Å². The summed E-state index contributed by atoms with van der Waals surface area (Å²) in [6.45, 7) is 2.48. The molecule has 1 rings (SSSR count). The zero-order valence-electron chi connectivity index (χ0n) is 7.45. The van der Waals surface area contributed by atoms with Crippen molar-refractivity contribution in [3.8, 4) is 0 Å². The number of imide groups is 1. The molecule has 13 heavy (non-hydrogen) atoms. The van der Waals surface area contributed by atoms with Gasteiger partial charge >= 0.3 is 6.03 Å². The Balaban J connectivity index is 0.00000144. The first kappa shape index (κ1) is 12.2. The molecule has 0 bridgehead atoms. The zero-order chi connectivity index (χ0) is 9.14. The fraction of sp³-hybridized carbons (Fsp3) is 0.714. The summed E-state index contributed by atoms with van der Waals surface area (Å²) >= 11 is 0.